The average Bonchev–Trinajstić information content (AvgIpc) is 2.12. The summed E-state index contributed by atoms with van der Waals surface area (Å²) >= 11 is 0. The van der Waals surface area contributed by atoms with Crippen LogP contribution >= 0.6 is 0 Å². The van der Waals surface area contributed by atoms with Gasteiger partial charge in [0.15, 0.2) is 0 Å². The molecule has 0 fully saturated rings. The molecule has 2 heteroatoms. The first-order chi connectivity index (χ1) is 3.80. The zero-order valence-corrected chi connectivity index (χ0v) is 4.89. The van der Waals surface area contributed by atoms with E-state index in [1.165, 1.54) is 0 Å². The summed E-state index contributed by atoms with van der Waals surface area (Å²) < 4.78 is 0. The van der Waals surface area contributed by atoms with Crippen molar-refractivity contribution in [3.8, 4) is 0 Å². The van der Waals surface area contributed by atoms with Crippen molar-refractivity contribution in [2.45, 2.75) is 19.4 Å². The predicted octanol–water partition coefficient (Wildman–Crippen LogP) is 1.02. The number of hydrogen-bond donors (Lipinski definition) is 0. The minimum Gasteiger partial charge on any atom is -0.264 e. The largest absolute Gasteiger partial charge is 0.264 e. The molecule has 1 aliphatic rings. The van der Waals surface area contributed by atoms with Crippen LogP contribution in [0.15, 0.2) is 17.3 Å². The second-order valence-corrected chi connectivity index (χ2v) is 1.93. The fourth-order valence-corrected chi connectivity index (χ4v) is 0.663. The molecule has 1 radical (unpaired) electrons. The molecule has 0 aromatic heterocycles. The van der Waals surface area contributed by atoms with Gasteiger partial charge in [-0.3, -0.25) is 4.99 Å². The van der Waals surface area contributed by atoms with E-state index in [0.717, 1.165) is 12.1 Å². The molecular formula is C6H9N2. The molecule has 0 aromatic carbocycles. The maximum Gasteiger partial charge on any atom is 0.0570 e. The van der Waals surface area contributed by atoms with Crippen molar-refractivity contribution in [3.05, 3.63) is 12.3 Å². The Morgan fingerprint density at radius 1 is 1.88 bits per heavy atom. The topological polar surface area (TPSA) is 36.2 Å². The fraction of sp³-hybridized carbons (Fsp3) is 0.500. The van der Waals surface area contributed by atoms with Gasteiger partial charge in [0.05, 0.1) is 6.04 Å². The molecule has 0 saturated heterocycles. The quantitative estimate of drug-likeness (QED) is 0.482. The summed E-state index contributed by atoms with van der Waals surface area (Å²) in [6.07, 6.45) is 4.62. The highest BCUT2D eigenvalue weighted by Crippen LogP contribution is 2.02. The first-order valence-corrected chi connectivity index (χ1v) is 2.73. The zero-order valence-electron chi connectivity index (χ0n) is 4.89. The van der Waals surface area contributed by atoms with Crippen LogP contribution in [-0.4, -0.2) is 11.8 Å². The van der Waals surface area contributed by atoms with Gasteiger partial charge in [-0.25, -0.2) is 5.73 Å². The average molecular weight is 109 g/mol. The second kappa shape index (κ2) is 2.09. The summed E-state index contributed by atoms with van der Waals surface area (Å²) in [5.41, 5.74) is 8.18. The van der Waals surface area contributed by atoms with E-state index in [9.17, 15) is 0 Å². The Bertz CT molecular complexity index is 133. The molecule has 0 amide bonds. The first kappa shape index (κ1) is 5.51. The van der Waals surface area contributed by atoms with Gasteiger partial charge in [0.2, 0.25) is 0 Å². The van der Waals surface area contributed by atoms with E-state index in [2.05, 4.69) is 4.99 Å². The van der Waals surface area contributed by atoms with Crippen molar-refractivity contribution in [2.75, 3.05) is 0 Å². The molecule has 1 aliphatic heterocycles. The summed E-state index contributed by atoms with van der Waals surface area (Å²) in [6.45, 7) is 1.84. The molecule has 0 aliphatic carbocycles. The Kier molecular flexibility index (Phi) is 1.44. The third kappa shape index (κ3) is 0.954. The van der Waals surface area contributed by atoms with Crippen LogP contribution in [0.2, 0.25) is 0 Å². The third-order valence-corrected chi connectivity index (χ3v) is 1.17. The highest BCUT2D eigenvalue weighted by atomic mass is 14.8. The van der Waals surface area contributed by atoms with Gasteiger partial charge in [0.1, 0.15) is 0 Å². The smallest absolute Gasteiger partial charge is 0.0570 e. The second-order valence-electron chi connectivity index (χ2n) is 1.93. The Hall–Kier alpha value is -0.630. The van der Waals surface area contributed by atoms with Gasteiger partial charge in [0, 0.05) is 18.3 Å². The molecule has 8 heavy (non-hydrogen) atoms. The summed E-state index contributed by atoms with van der Waals surface area (Å²) in [6, 6.07) is -0.120. The number of nitrogens with zero attached hydrogens (tertiary/aromatic N) is 1. The Morgan fingerprint density at radius 2 is 2.62 bits per heavy atom. The zero-order chi connectivity index (χ0) is 5.98. The number of allylic oxidation sites excluding steroid dienone is 1. The lowest BCUT2D eigenvalue weighted by Gasteiger charge is -1.99. The number of hydrogen-bond acceptors (Lipinski definition) is 1. The molecular weight excluding hydrogens is 100 g/mol. The van der Waals surface area contributed by atoms with Crippen LogP contribution < -0.4 is 5.73 Å². The van der Waals surface area contributed by atoms with E-state index >= 15 is 0 Å². The van der Waals surface area contributed by atoms with Crippen molar-refractivity contribution >= 4 is 5.71 Å². The Balaban J connectivity index is 2.51. The molecule has 1 rings (SSSR count). The van der Waals surface area contributed by atoms with Crippen LogP contribution in [0.4, 0.5) is 0 Å². The maximum absolute atomic E-state index is 7.20. The van der Waals surface area contributed by atoms with Crippen LogP contribution in [0.25, 0.3) is 0 Å². The molecule has 0 unspecified atom stereocenters. The molecule has 1 N–H and O–H groups in total. The van der Waals surface area contributed by atoms with Crippen LogP contribution in [0.1, 0.15) is 13.3 Å². The normalized spacial score (nSPS) is 21.0. The van der Waals surface area contributed by atoms with E-state index in [1.807, 2.05) is 13.0 Å². The maximum atomic E-state index is 7.20. The van der Waals surface area contributed by atoms with E-state index in [-0.39, 0.29) is 6.04 Å². The SMILES string of the molecule is C[C@@H]([NH])C1=NC=CC1. The molecule has 43 valence electrons. The summed E-state index contributed by atoms with van der Waals surface area (Å²) in [5.74, 6) is 0. The van der Waals surface area contributed by atoms with Crippen LogP contribution in [0.3, 0.4) is 0 Å². The van der Waals surface area contributed by atoms with Crippen molar-refractivity contribution in [1.82, 2.24) is 5.73 Å². The molecule has 2 nitrogen and oxygen atoms in total. The van der Waals surface area contributed by atoms with E-state index < -0.39 is 0 Å². The minimum atomic E-state index is -0.120. The van der Waals surface area contributed by atoms with Crippen molar-refractivity contribution in [1.29, 1.82) is 0 Å². The Morgan fingerprint density at radius 3 is 2.88 bits per heavy atom. The number of nitrogens with one attached hydrogen (secondary N) is 1. The van der Waals surface area contributed by atoms with Crippen molar-refractivity contribution in [2.24, 2.45) is 4.99 Å². The van der Waals surface area contributed by atoms with Crippen molar-refractivity contribution in [3.63, 3.8) is 0 Å². The predicted molar refractivity (Wildman–Crippen MR) is 33.8 cm³/mol. The highest BCUT2D eigenvalue weighted by Gasteiger charge is 2.05. The lowest BCUT2D eigenvalue weighted by atomic mass is 10.2. The summed E-state index contributed by atoms with van der Waals surface area (Å²) in [5, 5.41) is 0. The molecule has 0 bridgehead atoms. The molecule has 0 spiro atoms. The van der Waals surface area contributed by atoms with Crippen LogP contribution in [0, 0.1) is 0 Å². The number of rotatable bonds is 1. The van der Waals surface area contributed by atoms with Gasteiger partial charge in [0.25, 0.3) is 0 Å². The summed E-state index contributed by atoms with van der Waals surface area (Å²) in [7, 11) is 0. The van der Waals surface area contributed by atoms with E-state index in [4.69, 9.17) is 5.73 Å². The highest BCUT2D eigenvalue weighted by molar-refractivity contribution is 5.92. The molecule has 0 saturated carbocycles. The lowest BCUT2D eigenvalue weighted by molar-refractivity contribution is 0.925. The van der Waals surface area contributed by atoms with Crippen LogP contribution in [-0.2, 0) is 0 Å². The fourth-order valence-electron chi connectivity index (χ4n) is 0.663. The van der Waals surface area contributed by atoms with E-state index in [0.29, 0.717) is 0 Å². The molecule has 0 aromatic rings. The van der Waals surface area contributed by atoms with Gasteiger partial charge in [-0.15, -0.1) is 0 Å². The molecule has 1 atom stereocenters. The minimum absolute atomic E-state index is 0.120. The first-order valence-electron chi connectivity index (χ1n) is 2.73. The van der Waals surface area contributed by atoms with Crippen LogP contribution in [0.5, 0.6) is 0 Å². The summed E-state index contributed by atoms with van der Waals surface area (Å²) in [4.78, 5) is 3.98. The third-order valence-electron chi connectivity index (χ3n) is 1.17. The monoisotopic (exact) mass is 109 g/mol. The van der Waals surface area contributed by atoms with Gasteiger partial charge in [-0.2, -0.15) is 0 Å². The van der Waals surface area contributed by atoms with Gasteiger partial charge < -0.3 is 0 Å². The van der Waals surface area contributed by atoms with Gasteiger partial charge in [-0.05, 0) is 6.92 Å². The molecule has 1 heterocycles. The van der Waals surface area contributed by atoms with E-state index in [1.54, 1.807) is 6.20 Å². The van der Waals surface area contributed by atoms with Gasteiger partial charge >= 0.3 is 0 Å². The Labute approximate surface area is 49.1 Å². The number of aliphatic imine (C=N–C) groups is 1. The lowest BCUT2D eigenvalue weighted by Crippen LogP contribution is -2.15. The van der Waals surface area contributed by atoms with Gasteiger partial charge in [-0.1, -0.05) is 6.08 Å². The standard InChI is InChI=1S/C6H9N2/c1-5(7)6-3-2-4-8-6/h2,4-5,7H,3H2,1H3/t5-/m1/s1. The van der Waals surface area contributed by atoms with Crippen molar-refractivity contribution < 1.29 is 0 Å².